The highest BCUT2D eigenvalue weighted by Crippen LogP contribution is 2.34. The molecule has 0 bridgehead atoms. The van der Waals surface area contributed by atoms with Crippen LogP contribution in [0.15, 0.2) is 54.9 Å². The lowest BCUT2D eigenvalue weighted by atomic mass is 10.1. The van der Waals surface area contributed by atoms with Gasteiger partial charge in [0.1, 0.15) is 12.4 Å². The molecule has 0 aliphatic rings. The van der Waals surface area contributed by atoms with Crippen LogP contribution in [0.5, 0.6) is 5.75 Å². The molecule has 1 N–H and O–H groups in total. The number of carbonyl (C=O) groups excluding carboxylic acids is 1. The van der Waals surface area contributed by atoms with E-state index in [0.29, 0.717) is 11.3 Å². The predicted molar refractivity (Wildman–Crippen MR) is 109 cm³/mol. The molecule has 0 aliphatic heterocycles. The number of ether oxygens (including phenoxy) is 1. The monoisotopic (exact) mass is 432 g/mol. The van der Waals surface area contributed by atoms with Gasteiger partial charge in [0.25, 0.3) is 5.91 Å². The molecule has 9 heteroatoms. The number of halogens is 3. The first-order valence-corrected chi connectivity index (χ1v) is 9.75. The summed E-state index contributed by atoms with van der Waals surface area (Å²) in [5, 5.41) is 6.38. The van der Waals surface area contributed by atoms with Crippen LogP contribution < -0.4 is 10.1 Å². The second-order valence-electron chi connectivity index (χ2n) is 7.32. The molecular weight excluding hydrogens is 409 g/mol. The number of amides is 1. The lowest BCUT2D eigenvalue weighted by Gasteiger charge is -2.18. The Bertz CT molecular complexity index is 1030. The fraction of sp³-hybridized carbons (Fsp3) is 0.318. The summed E-state index contributed by atoms with van der Waals surface area (Å²) in [5.41, 5.74) is -0.108. The Balaban J connectivity index is 1.73. The summed E-state index contributed by atoms with van der Waals surface area (Å²) in [7, 11) is 0. The smallest absolute Gasteiger partial charge is 0.433 e. The highest BCUT2D eigenvalue weighted by molar-refractivity contribution is 5.95. The molecule has 1 amide bonds. The standard InChI is InChI=1S/C22H23F3N4O2/c1-14(2)29-20(22(23,24)25)19(12-27-29)21(30)28-15(3)16-7-6-9-18(11-16)31-13-17-8-4-5-10-26-17/h4-12,14-15H,13H2,1-3H3,(H,28,30). The van der Waals surface area contributed by atoms with Gasteiger partial charge in [-0.25, -0.2) is 0 Å². The normalized spacial score (nSPS) is 12.6. The Kier molecular flexibility index (Phi) is 6.62. The van der Waals surface area contributed by atoms with Gasteiger partial charge in [-0.15, -0.1) is 0 Å². The molecule has 1 atom stereocenters. The van der Waals surface area contributed by atoms with Crippen molar-refractivity contribution >= 4 is 5.91 Å². The number of alkyl halides is 3. The van der Waals surface area contributed by atoms with E-state index in [1.54, 1.807) is 51.2 Å². The largest absolute Gasteiger partial charge is 0.487 e. The summed E-state index contributed by atoms with van der Waals surface area (Å²) in [6, 6.07) is 11.4. The maximum Gasteiger partial charge on any atom is 0.433 e. The Morgan fingerprint density at radius 3 is 2.58 bits per heavy atom. The van der Waals surface area contributed by atoms with Crippen LogP contribution in [0, 0.1) is 0 Å². The summed E-state index contributed by atoms with van der Waals surface area (Å²) >= 11 is 0. The molecular formula is C22H23F3N4O2. The molecule has 31 heavy (non-hydrogen) atoms. The Morgan fingerprint density at radius 1 is 1.16 bits per heavy atom. The van der Waals surface area contributed by atoms with Crippen LogP contribution >= 0.6 is 0 Å². The number of pyridine rings is 1. The third-order valence-electron chi connectivity index (χ3n) is 4.62. The number of hydrogen-bond acceptors (Lipinski definition) is 4. The Labute approximate surface area is 178 Å². The number of aromatic nitrogens is 3. The van der Waals surface area contributed by atoms with E-state index in [0.717, 1.165) is 16.6 Å². The minimum absolute atomic E-state index is 0.272. The van der Waals surface area contributed by atoms with Crippen molar-refractivity contribution in [3.8, 4) is 5.75 Å². The lowest BCUT2D eigenvalue weighted by molar-refractivity contribution is -0.145. The maximum absolute atomic E-state index is 13.5. The number of rotatable bonds is 7. The summed E-state index contributed by atoms with van der Waals surface area (Å²) in [6.07, 6.45) is -2.07. The van der Waals surface area contributed by atoms with Crippen molar-refractivity contribution in [2.75, 3.05) is 0 Å². The fourth-order valence-corrected chi connectivity index (χ4v) is 3.07. The third-order valence-corrected chi connectivity index (χ3v) is 4.62. The predicted octanol–water partition coefficient (Wildman–Crippen LogP) is 4.95. The zero-order chi connectivity index (χ0) is 22.6. The minimum atomic E-state index is -4.70. The zero-order valence-corrected chi connectivity index (χ0v) is 17.3. The summed E-state index contributed by atoms with van der Waals surface area (Å²) in [6.45, 7) is 5.11. The van der Waals surface area contributed by atoms with Gasteiger partial charge in [-0.1, -0.05) is 18.2 Å². The molecule has 2 aromatic heterocycles. The van der Waals surface area contributed by atoms with E-state index in [2.05, 4.69) is 15.4 Å². The lowest BCUT2D eigenvalue weighted by Crippen LogP contribution is -2.29. The van der Waals surface area contributed by atoms with E-state index in [-0.39, 0.29) is 6.61 Å². The Hall–Kier alpha value is -3.36. The van der Waals surface area contributed by atoms with Gasteiger partial charge in [0.15, 0.2) is 5.69 Å². The van der Waals surface area contributed by atoms with Crippen molar-refractivity contribution in [3.05, 3.63) is 77.4 Å². The molecule has 3 aromatic rings. The minimum Gasteiger partial charge on any atom is -0.487 e. The van der Waals surface area contributed by atoms with E-state index in [9.17, 15) is 18.0 Å². The van der Waals surface area contributed by atoms with Crippen LogP contribution in [-0.2, 0) is 12.8 Å². The first-order valence-electron chi connectivity index (χ1n) is 9.75. The average Bonchev–Trinajstić information content (AvgIpc) is 3.20. The van der Waals surface area contributed by atoms with Crippen molar-refractivity contribution in [3.63, 3.8) is 0 Å². The van der Waals surface area contributed by atoms with Crippen molar-refractivity contribution in [1.29, 1.82) is 0 Å². The molecule has 164 valence electrons. The number of carbonyl (C=O) groups is 1. The van der Waals surface area contributed by atoms with Crippen molar-refractivity contribution in [2.45, 2.75) is 45.6 Å². The zero-order valence-electron chi connectivity index (χ0n) is 17.3. The van der Waals surface area contributed by atoms with Crippen molar-refractivity contribution in [2.24, 2.45) is 0 Å². The van der Waals surface area contributed by atoms with E-state index >= 15 is 0 Å². The quantitative estimate of drug-likeness (QED) is 0.574. The molecule has 1 unspecified atom stereocenters. The third kappa shape index (κ3) is 5.42. The molecule has 2 heterocycles. The fourth-order valence-electron chi connectivity index (χ4n) is 3.07. The van der Waals surface area contributed by atoms with Crippen LogP contribution in [0.1, 0.15) is 60.2 Å². The van der Waals surface area contributed by atoms with Crippen LogP contribution in [0.25, 0.3) is 0 Å². The molecule has 3 rings (SSSR count). The van der Waals surface area contributed by atoms with Crippen molar-refractivity contribution < 1.29 is 22.7 Å². The van der Waals surface area contributed by atoms with E-state index in [1.165, 1.54) is 0 Å². The summed E-state index contributed by atoms with van der Waals surface area (Å²) < 4.78 is 47.2. The SMILES string of the molecule is CC(NC(=O)c1cnn(C(C)C)c1C(F)(F)F)c1cccc(OCc2ccccn2)c1. The van der Waals surface area contributed by atoms with Gasteiger partial charge in [0, 0.05) is 12.2 Å². The van der Waals surface area contributed by atoms with Gasteiger partial charge in [-0.3, -0.25) is 14.5 Å². The van der Waals surface area contributed by atoms with E-state index in [1.807, 2.05) is 18.2 Å². The summed E-state index contributed by atoms with van der Waals surface area (Å²) in [4.78, 5) is 16.8. The van der Waals surface area contributed by atoms with Crippen LogP contribution in [0.3, 0.4) is 0 Å². The number of nitrogens with one attached hydrogen (secondary N) is 1. The molecule has 0 saturated heterocycles. The van der Waals surface area contributed by atoms with E-state index in [4.69, 9.17) is 4.74 Å². The van der Waals surface area contributed by atoms with Gasteiger partial charge >= 0.3 is 6.18 Å². The van der Waals surface area contributed by atoms with Crippen molar-refractivity contribution in [1.82, 2.24) is 20.1 Å². The molecule has 0 aliphatic carbocycles. The molecule has 1 aromatic carbocycles. The summed E-state index contributed by atoms with van der Waals surface area (Å²) in [5.74, 6) is -0.278. The number of benzene rings is 1. The average molecular weight is 432 g/mol. The highest BCUT2D eigenvalue weighted by atomic mass is 19.4. The molecule has 6 nitrogen and oxygen atoms in total. The maximum atomic E-state index is 13.5. The van der Waals surface area contributed by atoms with Gasteiger partial charge in [0.05, 0.1) is 23.5 Å². The second-order valence-corrected chi connectivity index (χ2v) is 7.32. The molecule has 0 saturated carbocycles. The number of nitrogens with zero attached hydrogens (tertiary/aromatic N) is 3. The first kappa shape index (κ1) is 22.3. The second kappa shape index (κ2) is 9.20. The van der Waals surface area contributed by atoms with Gasteiger partial charge in [-0.2, -0.15) is 18.3 Å². The topological polar surface area (TPSA) is 69.0 Å². The number of hydrogen-bond donors (Lipinski definition) is 1. The molecule has 0 spiro atoms. The van der Waals surface area contributed by atoms with Crippen LogP contribution in [0.2, 0.25) is 0 Å². The molecule has 0 radical (unpaired) electrons. The van der Waals surface area contributed by atoms with Gasteiger partial charge in [-0.05, 0) is 50.6 Å². The van der Waals surface area contributed by atoms with Crippen LogP contribution in [0.4, 0.5) is 13.2 Å². The Morgan fingerprint density at radius 2 is 1.94 bits per heavy atom. The first-order chi connectivity index (χ1) is 14.7. The van der Waals surface area contributed by atoms with E-state index < -0.39 is 35.4 Å². The highest BCUT2D eigenvalue weighted by Gasteiger charge is 2.40. The molecule has 0 fully saturated rings. The van der Waals surface area contributed by atoms with Gasteiger partial charge < -0.3 is 10.1 Å². The van der Waals surface area contributed by atoms with Crippen LogP contribution in [-0.4, -0.2) is 20.7 Å². The van der Waals surface area contributed by atoms with Gasteiger partial charge in [0.2, 0.25) is 0 Å².